The zero-order chi connectivity index (χ0) is 10.4. The summed E-state index contributed by atoms with van der Waals surface area (Å²) in [6.45, 7) is 5.69. The second kappa shape index (κ2) is 3.58. The molecule has 1 saturated heterocycles. The Bertz CT molecular complexity index is 391. The predicted molar refractivity (Wildman–Crippen MR) is 64.8 cm³/mol. The highest BCUT2D eigenvalue weighted by Crippen LogP contribution is 2.38. The summed E-state index contributed by atoms with van der Waals surface area (Å²) in [7, 11) is 0. The summed E-state index contributed by atoms with van der Waals surface area (Å²) in [6.07, 6.45) is 0. The summed E-state index contributed by atoms with van der Waals surface area (Å²) < 4.78 is 1.20. The Kier molecular flexibility index (Phi) is 2.34. The lowest BCUT2D eigenvalue weighted by atomic mass is 9.98. The summed E-state index contributed by atoms with van der Waals surface area (Å²) in [5.74, 6) is 0. The summed E-state index contributed by atoms with van der Waals surface area (Å²) in [4.78, 5) is 2.58. The second-order valence-corrected chi connectivity index (χ2v) is 5.42. The van der Waals surface area contributed by atoms with Gasteiger partial charge in [0, 0.05) is 30.1 Å². The fraction of sp³-hybridized carbons (Fsp3) is 0.500. The normalized spacial score (nSPS) is 30.0. The number of halogens is 1. The Morgan fingerprint density at radius 3 is 3.20 bits per heavy atom. The molecule has 3 rings (SSSR count). The highest BCUT2D eigenvalue weighted by atomic mass is 79.9. The molecule has 0 amide bonds. The lowest BCUT2D eigenvalue weighted by Gasteiger charge is -2.36. The van der Waals surface area contributed by atoms with E-state index in [-0.39, 0.29) is 0 Å². The third-order valence-corrected chi connectivity index (χ3v) is 4.03. The van der Waals surface area contributed by atoms with Crippen LogP contribution < -0.4 is 5.32 Å². The van der Waals surface area contributed by atoms with E-state index in [1.165, 1.54) is 22.1 Å². The fourth-order valence-corrected chi connectivity index (χ4v) is 3.23. The third kappa shape index (κ3) is 1.53. The van der Waals surface area contributed by atoms with Crippen LogP contribution in [-0.4, -0.2) is 24.0 Å². The number of nitrogens with zero attached hydrogens (tertiary/aromatic N) is 1. The van der Waals surface area contributed by atoms with E-state index >= 15 is 0 Å². The van der Waals surface area contributed by atoms with Crippen molar-refractivity contribution in [1.29, 1.82) is 0 Å². The summed E-state index contributed by atoms with van der Waals surface area (Å²) in [5, 5.41) is 3.56. The summed E-state index contributed by atoms with van der Waals surface area (Å²) in [5.41, 5.74) is 3.00. The molecule has 0 aliphatic carbocycles. The molecule has 1 aromatic rings. The van der Waals surface area contributed by atoms with Crippen LogP contribution in [0.5, 0.6) is 0 Å². The first-order valence-corrected chi connectivity index (χ1v) is 6.31. The van der Waals surface area contributed by atoms with Crippen LogP contribution in [0.15, 0.2) is 22.7 Å². The molecule has 15 heavy (non-hydrogen) atoms. The van der Waals surface area contributed by atoms with E-state index in [1.54, 1.807) is 0 Å². The van der Waals surface area contributed by atoms with Crippen LogP contribution in [0, 0.1) is 0 Å². The van der Waals surface area contributed by atoms with Crippen LogP contribution in [0.2, 0.25) is 0 Å². The van der Waals surface area contributed by atoms with Crippen LogP contribution >= 0.6 is 15.9 Å². The Morgan fingerprint density at radius 2 is 2.33 bits per heavy atom. The molecular weight excluding hydrogens is 252 g/mol. The molecule has 0 spiro atoms. The Balaban J connectivity index is 2.04. The molecule has 2 unspecified atom stereocenters. The van der Waals surface area contributed by atoms with Gasteiger partial charge in [-0.25, -0.2) is 0 Å². The van der Waals surface area contributed by atoms with Crippen molar-refractivity contribution in [2.24, 2.45) is 0 Å². The average molecular weight is 267 g/mol. The van der Waals surface area contributed by atoms with Crippen molar-refractivity contribution in [3.63, 3.8) is 0 Å². The molecule has 1 aromatic carbocycles. The highest BCUT2D eigenvalue weighted by molar-refractivity contribution is 9.10. The molecule has 3 heteroatoms. The lowest BCUT2D eigenvalue weighted by Crippen LogP contribution is -2.48. The molecule has 2 atom stereocenters. The number of nitrogens with one attached hydrogen (secondary N) is 1. The first-order valence-electron chi connectivity index (χ1n) is 5.51. The first kappa shape index (κ1) is 9.82. The van der Waals surface area contributed by atoms with Gasteiger partial charge in [0.2, 0.25) is 0 Å². The van der Waals surface area contributed by atoms with E-state index in [1.807, 2.05) is 0 Å². The maximum Gasteiger partial charge on any atom is 0.0506 e. The Hall–Kier alpha value is -0.380. The molecular formula is C12H15BrN2. The van der Waals surface area contributed by atoms with Gasteiger partial charge in [-0.15, -0.1) is 0 Å². The van der Waals surface area contributed by atoms with Gasteiger partial charge in [0.05, 0.1) is 6.04 Å². The van der Waals surface area contributed by atoms with Crippen molar-refractivity contribution in [2.45, 2.75) is 25.6 Å². The standard InChI is InChI=1S/C12H15BrN2/c1-8-12-11-6-10(13)3-2-9(11)7-15(12)5-4-14-8/h2-3,6,8,12,14H,4-5,7H2,1H3. The van der Waals surface area contributed by atoms with Gasteiger partial charge in [-0.2, -0.15) is 0 Å². The molecule has 2 aliphatic heterocycles. The maximum atomic E-state index is 3.56. The molecule has 0 radical (unpaired) electrons. The van der Waals surface area contributed by atoms with Gasteiger partial charge in [0.1, 0.15) is 0 Å². The van der Waals surface area contributed by atoms with Gasteiger partial charge in [0.25, 0.3) is 0 Å². The van der Waals surface area contributed by atoms with Gasteiger partial charge >= 0.3 is 0 Å². The van der Waals surface area contributed by atoms with Crippen LogP contribution in [0.25, 0.3) is 0 Å². The Morgan fingerprint density at radius 1 is 1.47 bits per heavy atom. The molecule has 1 fully saturated rings. The number of hydrogen-bond donors (Lipinski definition) is 1. The monoisotopic (exact) mass is 266 g/mol. The molecule has 2 heterocycles. The van der Waals surface area contributed by atoms with Gasteiger partial charge < -0.3 is 5.32 Å². The molecule has 1 N–H and O–H groups in total. The largest absolute Gasteiger partial charge is 0.311 e. The minimum atomic E-state index is 0.564. The van der Waals surface area contributed by atoms with Crippen LogP contribution in [0.3, 0.4) is 0 Å². The second-order valence-electron chi connectivity index (χ2n) is 4.50. The van der Waals surface area contributed by atoms with Gasteiger partial charge in [-0.05, 0) is 30.2 Å². The third-order valence-electron chi connectivity index (χ3n) is 3.53. The van der Waals surface area contributed by atoms with E-state index in [0.29, 0.717) is 12.1 Å². The smallest absolute Gasteiger partial charge is 0.0506 e. The van der Waals surface area contributed by atoms with Crippen LogP contribution in [0.1, 0.15) is 24.1 Å². The number of hydrogen-bond acceptors (Lipinski definition) is 2. The van der Waals surface area contributed by atoms with Crippen molar-refractivity contribution in [3.05, 3.63) is 33.8 Å². The SMILES string of the molecule is CC1NCCN2Cc3ccc(Br)cc3C12. The fourth-order valence-electron chi connectivity index (χ4n) is 2.85. The summed E-state index contributed by atoms with van der Waals surface area (Å²) in [6, 6.07) is 7.82. The number of rotatable bonds is 0. The van der Waals surface area contributed by atoms with E-state index in [4.69, 9.17) is 0 Å². The highest BCUT2D eigenvalue weighted by Gasteiger charge is 2.36. The molecule has 0 aromatic heterocycles. The maximum absolute atomic E-state index is 3.56. The van der Waals surface area contributed by atoms with E-state index in [0.717, 1.165) is 13.1 Å². The number of benzene rings is 1. The predicted octanol–water partition coefficient (Wildman–Crippen LogP) is 2.30. The molecule has 0 saturated carbocycles. The topological polar surface area (TPSA) is 15.3 Å². The zero-order valence-corrected chi connectivity index (χ0v) is 10.4. The van der Waals surface area contributed by atoms with Crippen LogP contribution in [0.4, 0.5) is 0 Å². The van der Waals surface area contributed by atoms with E-state index in [2.05, 4.69) is 51.3 Å². The van der Waals surface area contributed by atoms with Gasteiger partial charge in [-0.1, -0.05) is 22.0 Å². The first-order chi connectivity index (χ1) is 7.25. The van der Waals surface area contributed by atoms with E-state index in [9.17, 15) is 0 Å². The van der Waals surface area contributed by atoms with E-state index < -0.39 is 0 Å². The van der Waals surface area contributed by atoms with Crippen molar-refractivity contribution in [1.82, 2.24) is 10.2 Å². The Labute approximate surface area is 98.8 Å². The van der Waals surface area contributed by atoms with Crippen molar-refractivity contribution in [3.8, 4) is 0 Å². The average Bonchev–Trinajstić information content (AvgIpc) is 2.57. The van der Waals surface area contributed by atoms with Crippen molar-refractivity contribution in [2.75, 3.05) is 13.1 Å². The van der Waals surface area contributed by atoms with Gasteiger partial charge in [-0.3, -0.25) is 4.90 Å². The molecule has 2 nitrogen and oxygen atoms in total. The summed E-state index contributed by atoms with van der Waals surface area (Å²) >= 11 is 3.56. The molecule has 80 valence electrons. The molecule has 2 aliphatic rings. The van der Waals surface area contributed by atoms with Crippen LogP contribution in [-0.2, 0) is 6.54 Å². The van der Waals surface area contributed by atoms with Crippen molar-refractivity contribution < 1.29 is 0 Å². The lowest BCUT2D eigenvalue weighted by molar-refractivity contribution is 0.140. The number of fused-ring (bicyclic) bond motifs is 3. The zero-order valence-electron chi connectivity index (χ0n) is 8.83. The quantitative estimate of drug-likeness (QED) is 0.776. The van der Waals surface area contributed by atoms with Gasteiger partial charge in [0.15, 0.2) is 0 Å². The number of piperazine rings is 1. The van der Waals surface area contributed by atoms with Crippen molar-refractivity contribution >= 4 is 15.9 Å². The minimum Gasteiger partial charge on any atom is -0.311 e. The minimum absolute atomic E-state index is 0.564. The molecule has 0 bridgehead atoms.